The number of likely N-dealkylation sites (N-methyl/N-ethyl adjacent to an activating group) is 1. The molecule has 1 aliphatic rings. The minimum absolute atomic E-state index is 0.759. The Morgan fingerprint density at radius 2 is 2.57 bits per heavy atom. The molecule has 0 spiro atoms. The zero-order valence-electron chi connectivity index (χ0n) is 8.70. The first-order valence-corrected chi connectivity index (χ1v) is 6.17. The van der Waals surface area contributed by atoms with Gasteiger partial charge >= 0.3 is 0 Å². The molecule has 1 aromatic heterocycles. The maximum Gasteiger partial charge on any atom is 0.0300 e. The van der Waals surface area contributed by atoms with Crippen LogP contribution in [0.4, 0.5) is 0 Å². The molecule has 78 valence electrons. The van der Waals surface area contributed by atoms with Gasteiger partial charge in [0.1, 0.15) is 0 Å². The third kappa shape index (κ3) is 2.56. The number of nitrogens with one attached hydrogen (secondary N) is 1. The Balaban J connectivity index is 1.68. The number of likely N-dealkylation sites (tertiary alicyclic amines) is 1. The zero-order chi connectivity index (χ0) is 9.80. The van der Waals surface area contributed by atoms with E-state index in [1.165, 1.54) is 24.3 Å². The first-order valence-electron chi connectivity index (χ1n) is 5.29. The molecule has 0 bridgehead atoms. The van der Waals surface area contributed by atoms with Crippen LogP contribution in [0.25, 0.3) is 0 Å². The van der Waals surface area contributed by atoms with Gasteiger partial charge in [-0.3, -0.25) is 0 Å². The summed E-state index contributed by atoms with van der Waals surface area (Å²) in [5, 5.41) is 5.67. The van der Waals surface area contributed by atoms with Crippen molar-refractivity contribution < 1.29 is 0 Å². The number of hydrogen-bond acceptors (Lipinski definition) is 3. The molecule has 2 heterocycles. The van der Waals surface area contributed by atoms with Crippen molar-refractivity contribution in [1.29, 1.82) is 0 Å². The molecule has 1 atom stereocenters. The van der Waals surface area contributed by atoms with Crippen molar-refractivity contribution in [1.82, 2.24) is 10.2 Å². The summed E-state index contributed by atoms with van der Waals surface area (Å²) in [7, 11) is 2.23. The van der Waals surface area contributed by atoms with E-state index in [-0.39, 0.29) is 0 Å². The fourth-order valence-corrected chi connectivity index (χ4v) is 2.69. The summed E-state index contributed by atoms with van der Waals surface area (Å²) in [6, 6.07) is 5.06. The monoisotopic (exact) mass is 210 g/mol. The molecule has 1 aliphatic heterocycles. The quantitative estimate of drug-likeness (QED) is 0.817. The van der Waals surface area contributed by atoms with Crippen LogP contribution in [0.3, 0.4) is 0 Å². The topological polar surface area (TPSA) is 15.3 Å². The summed E-state index contributed by atoms with van der Waals surface area (Å²) in [5.74, 6) is 0. The molecule has 1 saturated heterocycles. The average Bonchev–Trinajstić information content (AvgIpc) is 2.78. The van der Waals surface area contributed by atoms with E-state index in [1.54, 1.807) is 0 Å². The fourth-order valence-electron chi connectivity index (χ4n) is 2.01. The Bertz CT molecular complexity index is 258. The van der Waals surface area contributed by atoms with Gasteiger partial charge < -0.3 is 10.2 Å². The largest absolute Gasteiger partial charge is 0.310 e. The van der Waals surface area contributed by atoms with Crippen molar-refractivity contribution in [2.45, 2.75) is 25.4 Å². The summed E-state index contributed by atoms with van der Waals surface area (Å²) in [5.41, 5.74) is 0. The maximum absolute atomic E-state index is 3.53. The summed E-state index contributed by atoms with van der Waals surface area (Å²) >= 11 is 1.83. The van der Waals surface area contributed by atoms with Gasteiger partial charge in [0.2, 0.25) is 0 Å². The van der Waals surface area contributed by atoms with Gasteiger partial charge in [-0.15, -0.1) is 11.3 Å². The van der Waals surface area contributed by atoms with Gasteiger partial charge in [0, 0.05) is 24.0 Å². The molecule has 2 nitrogen and oxygen atoms in total. The maximum atomic E-state index is 3.53. The van der Waals surface area contributed by atoms with E-state index in [9.17, 15) is 0 Å². The predicted molar refractivity (Wildman–Crippen MR) is 61.7 cm³/mol. The van der Waals surface area contributed by atoms with Crippen molar-refractivity contribution in [3.8, 4) is 0 Å². The number of rotatable bonds is 4. The Morgan fingerprint density at radius 1 is 1.64 bits per heavy atom. The van der Waals surface area contributed by atoms with Crippen LogP contribution in [0.2, 0.25) is 0 Å². The average molecular weight is 210 g/mol. The molecule has 2 rings (SSSR count). The molecule has 0 amide bonds. The van der Waals surface area contributed by atoms with Crippen molar-refractivity contribution >= 4 is 11.3 Å². The summed E-state index contributed by atoms with van der Waals surface area (Å²) < 4.78 is 0. The van der Waals surface area contributed by atoms with E-state index in [2.05, 4.69) is 34.8 Å². The molecular formula is C11H18N2S. The second kappa shape index (κ2) is 4.91. The summed E-state index contributed by atoms with van der Waals surface area (Å²) in [6.07, 6.45) is 2.72. The van der Waals surface area contributed by atoms with Crippen LogP contribution in [0.1, 0.15) is 17.7 Å². The second-order valence-corrected chi connectivity index (χ2v) is 5.02. The van der Waals surface area contributed by atoms with Gasteiger partial charge in [0.25, 0.3) is 0 Å². The summed E-state index contributed by atoms with van der Waals surface area (Å²) in [4.78, 5) is 3.90. The molecule has 3 heteroatoms. The number of hydrogen-bond donors (Lipinski definition) is 1. The number of thiophene rings is 1. The fraction of sp³-hybridized carbons (Fsp3) is 0.636. The lowest BCUT2D eigenvalue weighted by atomic mass is 10.2. The van der Waals surface area contributed by atoms with Gasteiger partial charge in [-0.2, -0.15) is 0 Å². The predicted octanol–water partition coefficient (Wildman–Crippen LogP) is 1.93. The Kier molecular flexibility index (Phi) is 3.56. The highest BCUT2D eigenvalue weighted by molar-refractivity contribution is 7.09. The normalized spacial score (nSPS) is 23.1. The van der Waals surface area contributed by atoms with Gasteiger partial charge in [-0.1, -0.05) is 6.07 Å². The van der Waals surface area contributed by atoms with E-state index in [0.717, 1.165) is 19.1 Å². The smallest absolute Gasteiger partial charge is 0.0300 e. The first-order chi connectivity index (χ1) is 6.86. The molecule has 0 aliphatic carbocycles. The van der Waals surface area contributed by atoms with Crippen LogP contribution in [-0.4, -0.2) is 31.1 Å². The van der Waals surface area contributed by atoms with E-state index >= 15 is 0 Å². The molecule has 14 heavy (non-hydrogen) atoms. The van der Waals surface area contributed by atoms with Crippen LogP contribution >= 0.6 is 11.3 Å². The van der Waals surface area contributed by atoms with E-state index < -0.39 is 0 Å². The minimum atomic E-state index is 0.759. The summed E-state index contributed by atoms with van der Waals surface area (Å²) in [6.45, 7) is 3.43. The van der Waals surface area contributed by atoms with Gasteiger partial charge in [-0.05, 0) is 37.9 Å². The van der Waals surface area contributed by atoms with Crippen molar-refractivity contribution in [3.05, 3.63) is 22.4 Å². The number of nitrogens with zero attached hydrogens (tertiary/aromatic N) is 1. The van der Waals surface area contributed by atoms with Gasteiger partial charge in [0.05, 0.1) is 0 Å². The van der Waals surface area contributed by atoms with Gasteiger partial charge in [-0.25, -0.2) is 0 Å². The van der Waals surface area contributed by atoms with Crippen molar-refractivity contribution in [2.75, 3.05) is 20.1 Å². The Hall–Kier alpha value is -0.380. The van der Waals surface area contributed by atoms with Crippen LogP contribution in [0.15, 0.2) is 17.5 Å². The van der Waals surface area contributed by atoms with Crippen molar-refractivity contribution in [2.24, 2.45) is 0 Å². The lowest BCUT2D eigenvalue weighted by molar-refractivity contribution is 0.300. The molecule has 0 radical (unpaired) electrons. The standard InChI is InChI=1S/C11H18N2S/c1-13-6-2-4-10(13)8-12-9-11-5-3-7-14-11/h3,5,7,10,12H,2,4,6,8-9H2,1H3. The highest BCUT2D eigenvalue weighted by Gasteiger charge is 2.19. The molecule has 1 aromatic rings. The lowest BCUT2D eigenvalue weighted by Gasteiger charge is -2.19. The van der Waals surface area contributed by atoms with E-state index in [1.807, 2.05) is 11.3 Å². The van der Waals surface area contributed by atoms with E-state index in [4.69, 9.17) is 0 Å². The SMILES string of the molecule is CN1CCCC1CNCc1cccs1. The second-order valence-electron chi connectivity index (χ2n) is 3.99. The molecule has 1 unspecified atom stereocenters. The molecule has 0 saturated carbocycles. The first kappa shape index (κ1) is 10.1. The highest BCUT2D eigenvalue weighted by atomic mass is 32.1. The van der Waals surface area contributed by atoms with Crippen molar-refractivity contribution in [3.63, 3.8) is 0 Å². The van der Waals surface area contributed by atoms with Crippen LogP contribution in [0, 0.1) is 0 Å². The van der Waals surface area contributed by atoms with Crippen LogP contribution in [0.5, 0.6) is 0 Å². The molecule has 1 fully saturated rings. The third-order valence-corrected chi connectivity index (χ3v) is 3.81. The minimum Gasteiger partial charge on any atom is -0.310 e. The molecule has 0 aromatic carbocycles. The van der Waals surface area contributed by atoms with Gasteiger partial charge in [0.15, 0.2) is 0 Å². The molecular weight excluding hydrogens is 192 g/mol. The van der Waals surface area contributed by atoms with Crippen LogP contribution in [-0.2, 0) is 6.54 Å². The Labute approximate surface area is 89.9 Å². The Morgan fingerprint density at radius 3 is 3.21 bits per heavy atom. The highest BCUT2D eigenvalue weighted by Crippen LogP contribution is 2.14. The van der Waals surface area contributed by atoms with E-state index in [0.29, 0.717) is 0 Å². The molecule has 1 N–H and O–H groups in total. The lowest BCUT2D eigenvalue weighted by Crippen LogP contribution is -2.34. The zero-order valence-corrected chi connectivity index (χ0v) is 9.52. The third-order valence-electron chi connectivity index (χ3n) is 2.93. The van der Waals surface area contributed by atoms with Crippen LogP contribution < -0.4 is 5.32 Å².